The first kappa shape index (κ1) is 16.9. The minimum atomic E-state index is -2.03. The largest absolute Gasteiger partial charge is 0.460 e. The maximum Gasteiger partial charge on any atom is 0.302 e. The second kappa shape index (κ2) is 6.86. The van der Waals surface area contributed by atoms with Crippen LogP contribution in [0.2, 0.25) is 0 Å². The van der Waals surface area contributed by atoms with Crippen LogP contribution in [-0.4, -0.2) is 59.0 Å². The molecular weight excluding hydrogens is 317 g/mol. The molecule has 0 bridgehead atoms. The van der Waals surface area contributed by atoms with E-state index in [1.165, 1.54) is 11.8 Å². The lowest BCUT2D eigenvalue weighted by Gasteiger charge is -2.42. The van der Waals surface area contributed by atoms with Gasteiger partial charge in [-0.3, -0.25) is 9.59 Å². The third kappa shape index (κ3) is 3.14. The number of aliphatic hydroxyl groups excluding tert-OH is 1. The predicted octanol–water partition coefficient (Wildman–Crippen LogP) is 0.817. The highest BCUT2D eigenvalue weighted by molar-refractivity contribution is 5.83. The van der Waals surface area contributed by atoms with Crippen LogP contribution in [0.1, 0.15) is 18.9 Å². The molecule has 130 valence electrons. The van der Waals surface area contributed by atoms with Gasteiger partial charge in [0.1, 0.15) is 18.3 Å². The number of carbonyl (C=O) groups is 2. The fraction of sp³-hybridized carbons (Fsp3) is 0.529. The maximum absolute atomic E-state index is 14.1. The van der Waals surface area contributed by atoms with Crippen molar-refractivity contribution in [1.82, 2.24) is 4.90 Å². The molecule has 24 heavy (non-hydrogen) atoms. The van der Waals surface area contributed by atoms with E-state index in [1.807, 2.05) is 30.3 Å². The molecule has 2 aliphatic rings. The Morgan fingerprint density at radius 2 is 2.08 bits per heavy atom. The van der Waals surface area contributed by atoms with Gasteiger partial charge in [-0.05, 0) is 5.56 Å². The minimum Gasteiger partial charge on any atom is -0.460 e. The molecule has 0 saturated carbocycles. The van der Waals surface area contributed by atoms with Gasteiger partial charge in [0.15, 0.2) is 0 Å². The van der Waals surface area contributed by atoms with E-state index in [0.29, 0.717) is 6.42 Å². The average molecular weight is 337 g/mol. The molecule has 0 aromatic heterocycles. The monoisotopic (exact) mass is 337 g/mol. The molecule has 2 aliphatic heterocycles. The fourth-order valence-electron chi connectivity index (χ4n) is 3.41. The summed E-state index contributed by atoms with van der Waals surface area (Å²) in [5.41, 5.74) is 0.866. The highest BCUT2D eigenvalue weighted by Crippen LogP contribution is 2.34. The Kier molecular flexibility index (Phi) is 4.82. The van der Waals surface area contributed by atoms with Gasteiger partial charge in [-0.15, -0.1) is 0 Å². The zero-order valence-electron chi connectivity index (χ0n) is 13.3. The highest BCUT2D eigenvalue weighted by Gasteiger charge is 2.55. The van der Waals surface area contributed by atoms with Crippen molar-refractivity contribution in [2.75, 3.05) is 6.54 Å². The van der Waals surface area contributed by atoms with Crippen LogP contribution in [0.4, 0.5) is 4.39 Å². The number of amides is 1. The van der Waals surface area contributed by atoms with Crippen LogP contribution in [0.5, 0.6) is 0 Å². The van der Waals surface area contributed by atoms with Crippen molar-refractivity contribution in [3.8, 4) is 0 Å². The third-order valence-electron chi connectivity index (χ3n) is 4.49. The summed E-state index contributed by atoms with van der Waals surface area (Å²) in [6.45, 7) is 1.72. The summed E-state index contributed by atoms with van der Waals surface area (Å²) in [4.78, 5) is 24.7. The number of esters is 1. The SMILES string of the molecule is CC(=O)O[C@H]1CCN2C(=O)[C@H](F)[C@@H](O)[C@H](OCc3ccccc3)[C@@H]12. The molecule has 0 aliphatic carbocycles. The molecular formula is C17H20FNO5. The Hall–Kier alpha value is -1.99. The number of nitrogens with zero attached hydrogens (tertiary/aromatic N) is 1. The molecule has 7 heteroatoms. The molecule has 2 heterocycles. The van der Waals surface area contributed by atoms with Crippen molar-refractivity contribution in [3.05, 3.63) is 35.9 Å². The number of alkyl halides is 1. The summed E-state index contributed by atoms with van der Waals surface area (Å²) in [5.74, 6) is -1.25. The van der Waals surface area contributed by atoms with E-state index >= 15 is 0 Å². The first-order chi connectivity index (χ1) is 11.5. The van der Waals surface area contributed by atoms with Gasteiger partial charge in [-0.25, -0.2) is 4.39 Å². The molecule has 1 aromatic carbocycles. The highest BCUT2D eigenvalue weighted by atomic mass is 19.1. The van der Waals surface area contributed by atoms with Gasteiger partial charge in [-0.2, -0.15) is 0 Å². The third-order valence-corrected chi connectivity index (χ3v) is 4.49. The van der Waals surface area contributed by atoms with Crippen molar-refractivity contribution in [1.29, 1.82) is 0 Å². The van der Waals surface area contributed by atoms with Crippen molar-refractivity contribution in [2.45, 2.75) is 50.5 Å². The quantitative estimate of drug-likeness (QED) is 0.823. The summed E-state index contributed by atoms with van der Waals surface area (Å²) < 4.78 is 25.1. The van der Waals surface area contributed by atoms with Gasteiger partial charge in [0.25, 0.3) is 5.91 Å². The Morgan fingerprint density at radius 1 is 1.38 bits per heavy atom. The Bertz CT molecular complexity index is 610. The van der Waals surface area contributed by atoms with E-state index in [0.717, 1.165) is 5.56 Å². The summed E-state index contributed by atoms with van der Waals surface area (Å²) >= 11 is 0. The number of fused-ring (bicyclic) bond motifs is 1. The number of carbonyl (C=O) groups excluding carboxylic acids is 2. The van der Waals surface area contributed by atoms with Gasteiger partial charge >= 0.3 is 5.97 Å². The number of hydrogen-bond acceptors (Lipinski definition) is 5. The topological polar surface area (TPSA) is 76.1 Å². The molecule has 0 radical (unpaired) electrons. The van der Waals surface area contributed by atoms with Crippen LogP contribution in [0.15, 0.2) is 30.3 Å². The van der Waals surface area contributed by atoms with Crippen LogP contribution in [0, 0.1) is 0 Å². The van der Waals surface area contributed by atoms with Crippen molar-refractivity contribution in [2.24, 2.45) is 0 Å². The summed E-state index contributed by atoms with van der Waals surface area (Å²) in [6, 6.07) is 8.59. The number of rotatable bonds is 4. The van der Waals surface area contributed by atoms with Crippen LogP contribution in [-0.2, 0) is 25.7 Å². The molecule has 2 saturated heterocycles. The van der Waals surface area contributed by atoms with Crippen molar-refractivity contribution in [3.63, 3.8) is 0 Å². The Morgan fingerprint density at radius 3 is 2.75 bits per heavy atom. The summed E-state index contributed by atoms with van der Waals surface area (Å²) in [6.07, 6.45) is -4.77. The molecule has 1 amide bonds. The fourth-order valence-corrected chi connectivity index (χ4v) is 3.41. The van der Waals surface area contributed by atoms with E-state index in [1.54, 1.807) is 0 Å². The second-order valence-electron chi connectivity index (χ2n) is 6.11. The number of halogens is 1. The van der Waals surface area contributed by atoms with Crippen molar-refractivity contribution < 1.29 is 28.6 Å². The van der Waals surface area contributed by atoms with Crippen LogP contribution >= 0.6 is 0 Å². The maximum atomic E-state index is 14.1. The normalized spacial score (nSPS) is 32.5. The van der Waals surface area contributed by atoms with E-state index in [-0.39, 0.29) is 13.2 Å². The van der Waals surface area contributed by atoms with Crippen LogP contribution in [0.25, 0.3) is 0 Å². The predicted molar refractivity (Wildman–Crippen MR) is 81.6 cm³/mol. The smallest absolute Gasteiger partial charge is 0.302 e. The van der Waals surface area contributed by atoms with Gasteiger partial charge in [0.05, 0.1) is 12.6 Å². The molecule has 3 rings (SSSR count). The zero-order valence-corrected chi connectivity index (χ0v) is 13.3. The summed E-state index contributed by atoms with van der Waals surface area (Å²) in [5, 5.41) is 10.2. The standard InChI is InChI=1S/C17H20FNO5/c1-10(20)24-12-7-8-19-14(12)16(15(21)13(18)17(19)22)23-9-11-5-3-2-4-6-11/h2-6,12-16,21H,7-9H2,1H3/t12-,13+,14+,15+,16+/m0/s1. The van der Waals surface area contributed by atoms with E-state index in [2.05, 4.69) is 0 Å². The van der Waals surface area contributed by atoms with Crippen molar-refractivity contribution >= 4 is 11.9 Å². The van der Waals surface area contributed by atoms with Crippen LogP contribution in [0.3, 0.4) is 0 Å². The first-order valence-corrected chi connectivity index (χ1v) is 7.94. The molecule has 1 aromatic rings. The van der Waals surface area contributed by atoms with Gasteiger partial charge in [-0.1, -0.05) is 30.3 Å². The molecule has 1 N–H and O–H groups in total. The Labute approximate surface area is 139 Å². The number of ether oxygens (including phenoxy) is 2. The van der Waals surface area contributed by atoms with Gasteiger partial charge in [0.2, 0.25) is 6.17 Å². The lowest BCUT2D eigenvalue weighted by atomic mass is 9.92. The lowest BCUT2D eigenvalue weighted by molar-refractivity contribution is -0.182. The molecule has 2 fully saturated rings. The molecule has 6 nitrogen and oxygen atoms in total. The molecule has 5 atom stereocenters. The number of benzene rings is 1. The number of hydrogen-bond donors (Lipinski definition) is 1. The molecule has 0 spiro atoms. The van der Waals surface area contributed by atoms with Gasteiger partial charge < -0.3 is 19.5 Å². The average Bonchev–Trinajstić information content (AvgIpc) is 2.97. The van der Waals surface area contributed by atoms with Crippen LogP contribution < -0.4 is 0 Å². The van der Waals surface area contributed by atoms with Gasteiger partial charge in [0, 0.05) is 19.9 Å². The van der Waals surface area contributed by atoms with E-state index in [4.69, 9.17) is 9.47 Å². The second-order valence-corrected chi connectivity index (χ2v) is 6.11. The first-order valence-electron chi connectivity index (χ1n) is 7.94. The van der Waals surface area contributed by atoms with E-state index < -0.39 is 42.4 Å². The zero-order chi connectivity index (χ0) is 17.3. The summed E-state index contributed by atoms with van der Waals surface area (Å²) in [7, 11) is 0. The van der Waals surface area contributed by atoms with E-state index in [9.17, 15) is 19.1 Å². The lowest BCUT2D eigenvalue weighted by Crippen LogP contribution is -2.64. The minimum absolute atomic E-state index is 0.167. The number of piperidine rings is 1. The number of aliphatic hydroxyl groups is 1. The molecule has 0 unspecified atom stereocenters. The Balaban J connectivity index is 1.80.